The number of halogens is 1. The topological polar surface area (TPSA) is 41.6 Å². The minimum Gasteiger partial charge on any atom is -0.485 e. The van der Waals surface area contributed by atoms with Gasteiger partial charge in [0.2, 0.25) is 5.91 Å². The van der Waals surface area contributed by atoms with Gasteiger partial charge in [-0.25, -0.2) is 4.39 Å². The Morgan fingerprint density at radius 1 is 1.50 bits per heavy atom. The minimum atomic E-state index is -0.347. The van der Waals surface area contributed by atoms with E-state index in [1.54, 1.807) is 18.2 Å². The summed E-state index contributed by atoms with van der Waals surface area (Å²) in [6.07, 6.45) is 0.883. The number of rotatable bonds is 6. The molecule has 0 saturated carbocycles. The SMILES string of the molecule is CC[C@H](C)NC(=O)CN1CC(Oc2ccccc2F)C1. The third kappa shape index (κ3) is 3.93. The van der Waals surface area contributed by atoms with Crippen LogP contribution >= 0.6 is 0 Å². The Labute approximate surface area is 118 Å². The Kier molecular flexibility index (Phi) is 4.95. The number of hydrogen-bond acceptors (Lipinski definition) is 3. The van der Waals surface area contributed by atoms with Crippen LogP contribution in [0, 0.1) is 5.82 Å². The first-order valence-corrected chi connectivity index (χ1v) is 7.01. The van der Waals surface area contributed by atoms with Crippen LogP contribution in [0.5, 0.6) is 5.75 Å². The molecule has 0 spiro atoms. The number of hydrogen-bond donors (Lipinski definition) is 1. The van der Waals surface area contributed by atoms with Gasteiger partial charge in [-0.1, -0.05) is 19.1 Å². The van der Waals surface area contributed by atoms with Gasteiger partial charge >= 0.3 is 0 Å². The molecule has 0 aromatic heterocycles. The molecular formula is C15H21FN2O2. The fourth-order valence-electron chi connectivity index (χ4n) is 2.07. The zero-order valence-corrected chi connectivity index (χ0v) is 11.9. The lowest BCUT2D eigenvalue weighted by Gasteiger charge is -2.38. The molecule has 1 fully saturated rings. The van der Waals surface area contributed by atoms with Gasteiger partial charge in [0, 0.05) is 19.1 Å². The highest BCUT2D eigenvalue weighted by Crippen LogP contribution is 2.20. The number of benzene rings is 1. The van der Waals surface area contributed by atoms with E-state index in [1.165, 1.54) is 6.07 Å². The standard InChI is InChI=1S/C15H21FN2O2/c1-3-11(2)17-15(19)10-18-8-12(9-18)20-14-7-5-4-6-13(14)16/h4-7,11-12H,3,8-10H2,1-2H3,(H,17,19)/t11-/m0/s1. The Morgan fingerprint density at radius 2 is 2.20 bits per heavy atom. The second-order valence-corrected chi connectivity index (χ2v) is 5.24. The number of carbonyl (C=O) groups is 1. The Hall–Kier alpha value is -1.62. The van der Waals surface area contributed by atoms with E-state index in [4.69, 9.17) is 4.74 Å². The van der Waals surface area contributed by atoms with Crippen molar-refractivity contribution in [2.24, 2.45) is 0 Å². The molecule has 5 heteroatoms. The fraction of sp³-hybridized carbons (Fsp3) is 0.533. The fourth-order valence-corrected chi connectivity index (χ4v) is 2.07. The average Bonchev–Trinajstić information content (AvgIpc) is 2.38. The highest BCUT2D eigenvalue weighted by Gasteiger charge is 2.30. The molecule has 4 nitrogen and oxygen atoms in total. The quantitative estimate of drug-likeness (QED) is 0.864. The molecule has 1 amide bonds. The van der Waals surface area contributed by atoms with E-state index in [9.17, 15) is 9.18 Å². The molecule has 1 N–H and O–H groups in total. The highest BCUT2D eigenvalue weighted by molar-refractivity contribution is 5.78. The third-order valence-electron chi connectivity index (χ3n) is 3.44. The van der Waals surface area contributed by atoms with E-state index >= 15 is 0 Å². The van der Waals surface area contributed by atoms with Crippen molar-refractivity contribution in [1.82, 2.24) is 10.2 Å². The molecule has 0 radical (unpaired) electrons. The maximum Gasteiger partial charge on any atom is 0.234 e. The molecule has 20 heavy (non-hydrogen) atoms. The highest BCUT2D eigenvalue weighted by atomic mass is 19.1. The largest absolute Gasteiger partial charge is 0.485 e. The smallest absolute Gasteiger partial charge is 0.234 e. The van der Waals surface area contributed by atoms with E-state index in [-0.39, 0.29) is 29.6 Å². The lowest BCUT2D eigenvalue weighted by Crippen LogP contribution is -2.56. The van der Waals surface area contributed by atoms with Crippen LogP contribution in [0.2, 0.25) is 0 Å². The van der Waals surface area contributed by atoms with Gasteiger partial charge in [-0.15, -0.1) is 0 Å². The number of nitrogens with zero attached hydrogens (tertiary/aromatic N) is 1. The molecule has 2 rings (SSSR count). The number of ether oxygens (including phenoxy) is 1. The van der Waals surface area contributed by atoms with Crippen LogP contribution in [0.1, 0.15) is 20.3 Å². The molecule has 1 aromatic rings. The molecule has 0 unspecified atom stereocenters. The van der Waals surface area contributed by atoms with Gasteiger partial charge in [-0.3, -0.25) is 9.69 Å². The molecule has 1 atom stereocenters. The Morgan fingerprint density at radius 3 is 2.85 bits per heavy atom. The zero-order chi connectivity index (χ0) is 14.5. The summed E-state index contributed by atoms with van der Waals surface area (Å²) in [6, 6.07) is 6.58. The molecule has 110 valence electrons. The normalized spacial score (nSPS) is 17.4. The van der Waals surface area contributed by atoms with Crippen molar-refractivity contribution in [3.8, 4) is 5.75 Å². The Balaban J connectivity index is 1.70. The van der Waals surface area contributed by atoms with Crippen LogP contribution in [0.15, 0.2) is 24.3 Å². The van der Waals surface area contributed by atoms with Gasteiger partial charge in [-0.2, -0.15) is 0 Å². The maximum atomic E-state index is 13.4. The summed E-state index contributed by atoms with van der Waals surface area (Å²) in [4.78, 5) is 13.7. The number of para-hydroxylation sites is 1. The molecule has 0 aliphatic carbocycles. The number of likely N-dealkylation sites (tertiary alicyclic amines) is 1. The van der Waals surface area contributed by atoms with Crippen molar-refractivity contribution in [3.05, 3.63) is 30.1 Å². The van der Waals surface area contributed by atoms with Crippen LogP contribution in [0.3, 0.4) is 0 Å². The molecule has 1 aliphatic heterocycles. The lowest BCUT2D eigenvalue weighted by molar-refractivity contribution is -0.125. The van der Waals surface area contributed by atoms with Crippen molar-refractivity contribution in [3.63, 3.8) is 0 Å². The lowest BCUT2D eigenvalue weighted by atomic mass is 10.1. The van der Waals surface area contributed by atoms with Crippen molar-refractivity contribution in [2.75, 3.05) is 19.6 Å². The van der Waals surface area contributed by atoms with E-state index in [0.717, 1.165) is 6.42 Å². The van der Waals surface area contributed by atoms with Gasteiger partial charge in [0.05, 0.1) is 6.54 Å². The predicted octanol–water partition coefficient (Wildman–Crippen LogP) is 1.80. The Bertz CT molecular complexity index is 461. The third-order valence-corrected chi connectivity index (χ3v) is 3.44. The van der Waals surface area contributed by atoms with Gasteiger partial charge in [-0.05, 0) is 25.5 Å². The van der Waals surface area contributed by atoms with E-state index in [1.807, 2.05) is 18.7 Å². The summed E-state index contributed by atoms with van der Waals surface area (Å²) in [6.45, 7) is 5.71. The van der Waals surface area contributed by atoms with Crippen molar-refractivity contribution < 1.29 is 13.9 Å². The minimum absolute atomic E-state index is 0.0312. The molecular weight excluding hydrogens is 259 g/mol. The van der Waals surface area contributed by atoms with Crippen LogP contribution < -0.4 is 10.1 Å². The maximum absolute atomic E-state index is 13.4. The summed E-state index contributed by atoms with van der Waals surface area (Å²) in [7, 11) is 0. The van der Waals surface area contributed by atoms with Crippen LogP contribution in [-0.2, 0) is 4.79 Å². The summed E-state index contributed by atoms with van der Waals surface area (Å²) in [5.74, 6) is -0.0367. The van der Waals surface area contributed by atoms with E-state index in [0.29, 0.717) is 19.6 Å². The summed E-state index contributed by atoms with van der Waals surface area (Å²) in [5.41, 5.74) is 0. The molecule has 1 aliphatic rings. The second-order valence-electron chi connectivity index (χ2n) is 5.24. The van der Waals surface area contributed by atoms with Crippen LogP contribution in [0.4, 0.5) is 4.39 Å². The summed E-state index contributed by atoms with van der Waals surface area (Å²) < 4.78 is 18.9. The van der Waals surface area contributed by atoms with Crippen molar-refractivity contribution >= 4 is 5.91 Å². The number of carbonyl (C=O) groups excluding carboxylic acids is 1. The predicted molar refractivity (Wildman–Crippen MR) is 75.2 cm³/mol. The number of amides is 1. The van der Waals surface area contributed by atoms with Crippen molar-refractivity contribution in [2.45, 2.75) is 32.4 Å². The first kappa shape index (κ1) is 14.8. The van der Waals surface area contributed by atoms with Crippen molar-refractivity contribution in [1.29, 1.82) is 0 Å². The molecule has 1 heterocycles. The van der Waals surface area contributed by atoms with Gasteiger partial charge < -0.3 is 10.1 Å². The first-order valence-electron chi connectivity index (χ1n) is 7.01. The molecule has 1 aromatic carbocycles. The van der Waals surface area contributed by atoms with E-state index in [2.05, 4.69) is 5.32 Å². The van der Waals surface area contributed by atoms with E-state index < -0.39 is 0 Å². The van der Waals surface area contributed by atoms with Gasteiger partial charge in [0.1, 0.15) is 6.10 Å². The molecule has 1 saturated heterocycles. The second kappa shape index (κ2) is 6.70. The summed E-state index contributed by atoms with van der Waals surface area (Å²) in [5, 5.41) is 2.92. The number of nitrogens with one attached hydrogen (secondary N) is 1. The zero-order valence-electron chi connectivity index (χ0n) is 11.9. The average molecular weight is 280 g/mol. The summed E-state index contributed by atoms with van der Waals surface area (Å²) >= 11 is 0. The van der Waals surface area contributed by atoms with Gasteiger partial charge in [0.25, 0.3) is 0 Å². The monoisotopic (exact) mass is 280 g/mol. The first-order chi connectivity index (χ1) is 9.58. The van der Waals surface area contributed by atoms with Crippen LogP contribution in [0.25, 0.3) is 0 Å². The van der Waals surface area contributed by atoms with Gasteiger partial charge in [0.15, 0.2) is 11.6 Å². The van der Waals surface area contributed by atoms with Crippen LogP contribution in [-0.4, -0.2) is 42.6 Å². The molecule has 0 bridgehead atoms.